The van der Waals surface area contributed by atoms with Gasteiger partial charge in [0.2, 0.25) is 5.91 Å². The average molecular weight is 495 g/mol. The third-order valence-electron chi connectivity index (χ3n) is 4.26. The van der Waals surface area contributed by atoms with Crippen LogP contribution < -0.4 is 10.0 Å². The van der Waals surface area contributed by atoms with Crippen LogP contribution in [0.25, 0.3) is 0 Å². The van der Waals surface area contributed by atoms with Gasteiger partial charge in [-0.05, 0) is 73.2 Å². The average Bonchev–Trinajstić information content (AvgIpc) is 2.73. The number of anilines is 2. The van der Waals surface area contributed by atoms with Gasteiger partial charge in [0.15, 0.2) is 0 Å². The summed E-state index contributed by atoms with van der Waals surface area (Å²) < 4.78 is 27.6. The van der Waals surface area contributed by atoms with Crippen LogP contribution in [-0.4, -0.2) is 19.6 Å². The highest BCUT2D eigenvalue weighted by molar-refractivity contribution is 8.00. The Balaban J connectivity index is 1.66. The first-order valence-corrected chi connectivity index (χ1v) is 12.5. The molecule has 9 heteroatoms. The molecule has 0 unspecified atom stereocenters. The summed E-state index contributed by atoms with van der Waals surface area (Å²) in [5.74, 6) is -0.157. The van der Waals surface area contributed by atoms with Crippen molar-refractivity contribution in [1.82, 2.24) is 0 Å². The molecular formula is C22H20Cl2N2O3S2. The number of hydrogen-bond donors (Lipinski definition) is 2. The van der Waals surface area contributed by atoms with Crippen LogP contribution in [0.3, 0.4) is 0 Å². The van der Waals surface area contributed by atoms with E-state index in [-0.39, 0.29) is 16.1 Å². The number of amides is 1. The van der Waals surface area contributed by atoms with E-state index in [2.05, 4.69) is 10.0 Å². The van der Waals surface area contributed by atoms with Crippen LogP contribution in [-0.2, 0) is 14.8 Å². The molecule has 0 aliphatic rings. The Hall–Kier alpha value is -2.19. The fourth-order valence-corrected chi connectivity index (χ4v) is 5.03. The lowest BCUT2D eigenvalue weighted by Gasteiger charge is -2.15. The summed E-state index contributed by atoms with van der Waals surface area (Å²) in [6, 6.07) is 19.8. The van der Waals surface area contributed by atoms with E-state index >= 15 is 0 Å². The van der Waals surface area contributed by atoms with Crippen LogP contribution in [0.15, 0.2) is 82.6 Å². The van der Waals surface area contributed by atoms with Gasteiger partial charge in [-0.15, -0.1) is 11.8 Å². The van der Waals surface area contributed by atoms with Gasteiger partial charge in [-0.25, -0.2) is 8.42 Å². The van der Waals surface area contributed by atoms with E-state index in [1.54, 1.807) is 42.5 Å². The minimum Gasteiger partial charge on any atom is -0.325 e. The van der Waals surface area contributed by atoms with Crippen LogP contribution in [0.5, 0.6) is 0 Å². The maximum atomic E-state index is 12.7. The van der Waals surface area contributed by atoms with Crippen LogP contribution in [0.4, 0.5) is 11.4 Å². The molecule has 0 saturated carbocycles. The van der Waals surface area contributed by atoms with Gasteiger partial charge in [0, 0.05) is 20.6 Å². The van der Waals surface area contributed by atoms with Crippen LogP contribution in [0, 0.1) is 0 Å². The molecule has 162 valence electrons. The number of nitrogens with one attached hydrogen (secondary N) is 2. The molecule has 31 heavy (non-hydrogen) atoms. The van der Waals surface area contributed by atoms with Gasteiger partial charge in [-0.1, -0.05) is 36.2 Å². The van der Waals surface area contributed by atoms with Gasteiger partial charge >= 0.3 is 0 Å². The molecule has 1 atom stereocenters. The summed E-state index contributed by atoms with van der Waals surface area (Å²) in [5, 5.41) is 3.62. The number of rotatable bonds is 8. The van der Waals surface area contributed by atoms with E-state index < -0.39 is 10.0 Å². The van der Waals surface area contributed by atoms with Gasteiger partial charge in [-0.2, -0.15) is 0 Å². The molecule has 3 aromatic rings. The quantitative estimate of drug-likeness (QED) is 0.360. The highest BCUT2D eigenvalue weighted by Crippen LogP contribution is 2.28. The van der Waals surface area contributed by atoms with Crippen molar-refractivity contribution >= 4 is 62.3 Å². The molecule has 2 N–H and O–H groups in total. The second-order valence-corrected chi connectivity index (χ2v) is 10.4. The van der Waals surface area contributed by atoms with E-state index in [0.29, 0.717) is 27.8 Å². The summed E-state index contributed by atoms with van der Waals surface area (Å²) in [5.41, 5.74) is 0.886. The number of hydrogen-bond acceptors (Lipinski definition) is 4. The van der Waals surface area contributed by atoms with E-state index in [9.17, 15) is 13.2 Å². The van der Waals surface area contributed by atoms with E-state index in [0.717, 1.165) is 4.90 Å². The molecule has 0 radical (unpaired) electrons. The van der Waals surface area contributed by atoms with Gasteiger partial charge in [0.25, 0.3) is 10.0 Å². The minimum absolute atomic E-state index is 0.0769. The number of sulfonamides is 1. The van der Waals surface area contributed by atoms with Crippen molar-refractivity contribution in [3.8, 4) is 0 Å². The molecule has 0 fully saturated rings. The highest BCUT2D eigenvalue weighted by Gasteiger charge is 2.19. The summed E-state index contributed by atoms with van der Waals surface area (Å²) >= 11 is 13.3. The lowest BCUT2D eigenvalue weighted by molar-refractivity contribution is -0.115. The zero-order chi connectivity index (χ0) is 22.4. The smallest absolute Gasteiger partial charge is 0.261 e. The SMILES string of the molecule is CC[C@@H](Sc1ccc(Cl)cc1)C(=O)Nc1ccc(S(=O)(=O)Nc2cccc(Cl)c2)cc1. The van der Waals surface area contributed by atoms with Crippen molar-refractivity contribution in [3.05, 3.63) is 82.8 Å². The summed E-state index contributed by atoms with van der Waals surface area (Å²) in [7, 11) is -3.78. The van der Waals surface area contributed by atoms with Crippen molar-refractivity contribution in [2.75, 3.05) is 10.0 Å². The normalized spacial score (nSPS) is 12.2. The molecule has 3 rings (SSSR count). The van der Waals surface area contributed by atoms with Crippen molar-refractivity contribution in [2.24, 2.45) is 0 Å². The summed E-state index contributed by atoms with van der Waals surface area (Å²) in [6.45, 7) is 1.93. The van der Waals surface area contributed by atoms with Gasteiger partial charge in [0.1, 0.15) is 0 Å². The largest absolute Gasteiger partial charge is 0.325 e. The standard InChI is InChI=1S/C22H20Cl2N2O3S2/c1-2-21(30-19-10-6-15(23)7-11-19)22(27)25-17-8-12-20(13-9-17)31(28,29)26-18-5-3-4-16(24)14-18/h3-14,21,26H,2H2,1H3,(H,25,27)/t21-/m1/s1. The predicted octanol–water partition coefficient (Wildman–Crippen LogP) is 6.30. The van der Waals surface area contributed by atoms with Crippen LogP contribution in [0.1, 0.15) is 13.3 Å². The molecule has 0 saturated heterocycles. The number of carbonyl (C=O) groups excluding carboxylic acids is 1. The molecule has 0 heterocycles. The first-order chi connectivity index (χ1) is 14.8. The zero-order valence-corrected chi connectivity index (χ0v) is 19.7. The molecule has 1 amide bonds. The predicted molar refractivity (Wildman–Crippen MR) is 129 cm³/mol. The van der Waals surface area contributed by atoms with E-state index in [4.69, 9.17) is 23.2 Å². The first-order valence-electron chi connectivity index (χ1n) is 9.38. The van der Waals surface area contributed by atoms with Crippen molar-refractivity contribution in [2.45, 2.75) is 28.4 Å². The monoisotopic (exact) mass is 494 g/mol. The Morgan fingerprint density at radius 1 is 0.935 bits per heavy atom. The molecule has 0 spiro atoms. The number of benzene rings is 3. The van der Waals surface area contributed by atoms with Gasteiger partial charge in [0.05, 0.1) is 15.8 Å². The topological polar surface area (TPSA) is 75.3 Å². The molecular weight excluding hydrogens is 475 g/mol. The van der Waals surface area contributed by atoms with Crippen molar-refractivity contribution < 1.29 is 13.2 Å². The molecule has 5 nitrogen and oxygen atoms in total. The highest BCUT2D eigenvalue weighted by atomic mass is 35.5. The molecule has 0 aromatic heterocycles. The molecule has 0 aliphatic carbocycles. The third-order valence-corrected chi connectivity index (χ3v) is 7.52. The lowest BCUT2D eigenvalue weighted by Crippen LogP contribution is -2.24. The molecule has 0 aliphatic heterocycles. The Morgan fingerprint density at radius 3 is 2.23 bits per heavy atom. The third kappa shape index (κ3) is 6.64. The minimum atomic E-state index is -3.78. The van der Waals surface area contributed by atoms with Crippen molar-refractivity contribution in [1.29, 1.82) is 0 Å². The molecule has 3 aromatic carbocycles. The Bertz CT molecular complexity index is 1150. The Labute approximate surface area is 196 Å². The Morgan fingerprint density at radius 2 is 1.61 bits per heavy atom. The zero-order valence-electron chi connectivity index (χ0n) is 16.5. The number of thioether (sulfide) groups is 1. The fraction of sp³-hybridized carbons (Fsp3) is 0.136. The summed E-state index contributed by atoms with van der Waals surface area (Å²) in [4.78, 5) is 13.7. The number of carbonyl (C=O) groups is 1. The van der Waals surface area contributed by atoms with Gasteiger partial charge in [-0.3, -0.25) is 9.52 Å². The first kappa shape index (κ1) is 23.5. The Kier molecular flexibility index (Phi) is 7.89. The van der Waals surface area contributed by atoms with Gasteiger partial charge < -0.3 is 5.32 Å². The second kappa shape index (κ2) is 10.4. The van der Waals surface area contributed by atoms with Crippen molar-refractivity contribution in [3.63, 3.8) is 0 Å². The maximum Gasteiger partial charge on any atom is 0.261 e. The van der Waals surface area contributed by atoms with Crippen LogP contribution in [0.2, 0.25) is 10.0 Å². The lowest BCUT2D eigenvalue weighted by atomic mass is 10.3. The maximum absolute atomic E-state index is 12.7. The van der Waals surface area contributed by atoms with E-state index in [1.165, 1.54) is 30.0 Å². The van der Waals surface area contributed by atoms with Crippen LogP contribution >= 0.6 is 35.0 Å². The fourth-order valence-electron chi connectivity index (χ4n) is 2.71. The van der Waals surface area contributed by atoms with E-state index in [1.807, 2.05) is 19.1 Å². The summed E-state index contributed by atoms with van der Waals surface area (Å²) in [6.07, 6.45) is 0.634. The number of halogens is 2. The molecule has 0 bridgehead atoms. The second-order valence-electron chi connectivity index (χ2n) is 6.60.